The lowest BCUT2D eigenvalue weighted by Crippen LogP contribution is -2.26. The molecule has 3 aromatic rings. The van der Waals surface area contributed by atoms with Gasteiger partial charge < -0.3 is 9.42 Å². The van der Waals surface area contributed by atoms with Gasteiger partial charge in [0.1, 0.15) is 0 Å². The van der Waals surface area contributed by atoms with Gasteiger partial charge in [-0.1, -0.05) is 35.5 Å². The van der Waals surface area contributed by atoms with Gasteiger partial charge in [0.05, 0.1) is 17.0 Å². The van der Waals surface area contributed by atoms with E-state index in [2.05, 4.69) is 10.1 Å². The Morgan fingerprint density at radius 1 is 0.969 bits per heavy atom. The summed E-state index contributed by atoms with van der Waals surface area (Å²) in [5.74, 6) is -0.737. The van der Waals surface area contributed by atoms with Gasteiger partial charge in [-0.2, -0.15) is 31.3 Å². The van der Waals surface area contributed by atoms with E-state index in [4.69, 9.17) is 4.52 Å². The Labute approximate surface area is 177 Å². The number of hydrogen-bond acceptors (Lipinski definition) is 4. The normalized spacial score (nSPS) is 17.2. The minimum Gasteiger partial charge on any atom is -0.339 e. The van der Waals surface area contributed by atoms with E-state index < -0.39 is 29.4 Å². The Balaban J connectivity index is 1.48. The highest BCUT2D eigenvalue weighted by Gasteiger charge is 2.37. The third-order valence-electron chi connectivity index (χ3n) is 5.16. The van der Waals surface area contributed by atoms with Gasteiger partial charge in [-0.25, -0.2) is 0 Å². The molecule has 11 heteroatoms. The summed E-state index contributed by atoms with van der Waals surface area (Å²) >= 11 is 0. The fourth-order valence-corrected chi connectivity index (χ4v) is 3.56. The van der Waals surface area contributed by atoms with Crippen molar-refractivity contribution >= 4 is 5.91 Å². The molecule has 5 nitrogen and oxygen atoms in total. The van der Waals surface area contributed by atoms with Crippen molar-refractivity contribution in [2.24, 2.45) is 0 Å². The predicted octanol–water partition coefficient (Wildman–Crippen LogP) is 5.29. The maximum absolute atomic E-state index is 13.2. The number of carbonyl (C=O) groups is 1. The van der Waals surface area contributed by atoms with Gasteiger partial charge >= 0.3 is 12.4 Å². The number of aromatic nitrogens is 2. The van der Waals surface area contributed by atoms with Crippen LogP contribution in [0.4, 0.5) is 26.3 Å². The summed E-state index contributed by atoms with van der Waals surface area (Å²) in [5.41, 5.74) is -1.35. The van der Waals surface area contributed by atoms with Gasteiger partial charge in [-0.05, 0) is 23.8 Å². The molecule has 1 aliphatic rings. The third-order valence-corrected chi connectivity index (χ3v) is 5.16. The molecule has 2 aromatic carbocycles. The molecule has 0 N–H and O–H groups in total. The van der Waals surface area contributed by atoms with E-state index >= 15 is 0 Å². The minimum absolute atomic E-state index is 0.0232. The summed E-state index contributed by atoms with van der Waals surface area (Å²) in [5, 5.41) is 3.76. The number of carbonyl (C=O) groups excluding carboxylic acids is 1. The zero-order valence-corrected chi connectivity index (χ0v) is 16.2. The summed E-state index contributed by atoms with van der Waals surface area (Å²) in [6.45, 7) is -0.134. The van der Waals surface area contributed by atoms with Crippen LogP contribution >= 0.6 is 0 Å². The molecule has 1 aromatic heterocycles. The molecule has 1 fully saturated rings. The molecule has 2 heterocycles. The SMILES string of the molecule is O=C1CC(c2nc(-c3ccc(C(F)(F)F)cc3)no2)CN1Cc1ccccc1C(F)(F)F. The van der Waals surface area contributed by atoms with Crippen LogP contribution in [0.5, 0.6) is 0 Å². The van der Waals surface area contributed by atoms with Crippen molar-refractivity contribution in [3.8, 4) is 11.4 Å². The zero-order chi connectivity index (χ0) is 23.1. The number of hydrogen-bond donors (Lipinski definition) is 0. The number of likely N-dealkylation sites (tertiary alicyclic amines) is 1. The Morgan fingerprint density at radius 3 is 2.31 bits per heavy atom. The molecule has 1 amide bonds. The summed E-state index contributed by atoms with van der Waals surface area (Å²) in [7, 11) is 0. The number of halogens is 6. The second-order valence-electron chi connectivity index (χ2n) is 7.36. The van der Waals surface area contributed by atoms with Crippen LogP contribution in [0.2, 0.25) is 0 Å². The molecule has 32 heavy (non-hydrogen) atoms. The molecule has 168 valence electrons. The number of nitrogens with zero attached hydrogens (tertiary/aromatic N) is 3. The average Bonchev–Trinajstić information content (AvgIpc) is 3.34. The van der Waals surface area contributed by atoms with E-state index in [0.717, 1.165) is 18.2 Å². The molecule has 0 saturated carbocycles. The van der Waals surface area contributed by atoms with Gasteiger partial charge in [0, 0.05) is 25.1 Å². The van der Waals surface area contributed by atoms with Crippen LogP contribution in [-0.2, 0) is 23.7 Å². The largest absolute Gasteiger partial charge is 0.416 e. The van der Waals surface area contributed by atoms with Gasteiger partial charge in [0.25, 0.3) is 0 Å². The van der Waals surface area contributed by atoms with Crippen molar-refractivity contribution in [2.75, 3.05) is 6.54 Å². The lowest BCUT2D eigenvalue weighted by molar-refractivity contribution is -0.139. The molecule has 0 aliphatic carbocycles. The molecule has 1 saturated heterocycles. The van der Waals surface area contributed by atoms with Crippen molar-refractivity contribution in [1.29, 1.82) is 0 Å². The summed E-state index contributed by atoms with van der Waals surface area (Å²) in [6, 6.07) is 9.23. The van der Waals surface area contributed by atoms with Crippen LogP contribution in [0.25, 0.3) is 11.4 Å². The number of benzene rings is 2. The molecule has 1 atom stereocenters. The standard InChI is InChI=1S/C21H15F6N3O2/c22-20(23,24)15-7-5-12(6-8-15)18-28-19(32-29-18)14-9-17(31)30(11-14)10-13-3-1-2-4-16(13)21(25,26)27/h1-8,14H,9-11H2. The van der Waals surface area contributed by atoms with E-state index in [-0.39, 0.29) is 42.7 Å². The second-order valence-corrected chi connectivity index (χ2v) is 7.36. The van der Waals surface area contributed by atoms with Crippen LogP contribution in [0.1, 0.15) is 34.9 Å². The maximum atomic E-state index is 13.2. The maximum Gasteiger partial charge on any atom is 0.416 e. The summed E-state index contributed by atoms with van der Waals surface area (Å²) in [4.78, 5) is 17.8. The average molecular weight is 455 g/mol. The first-order chi connectivity index (χ1) is 15.0. The van der Waals surface area contributed by atoms with Crippen LogP contribution in [-0.4, -0.2) is 27.5 Å². The predicted molar refractivity (Wildman–Crippen MR) is 99.0 cm³/mol. The fourth-order valence-electron chi connectivity index (χ4n) is 3.56. The number of amides is 1. The highest BCUT2D eigenvalue weighted by atomic mass is 19.4. The van der Waals surface area contributed by atoms with Crippen molar-refractivity contribution in [3.63, 3.8) is 0 Å². The first-order valence-electron chi connectivity index (χ1n) is 9.46. The van der Waals surface area contributed by atoms with E-state index in [1.165, 1.54) is 35.2 Å². The lowest BCUT2D eigenvalue weighted by atomic mass is 10.1. The molecular formula is C21H15F6N3O2. The van der Waals surface area contributed by atoms with E-state index in [9.17, 15) is 31.1 Å². The molecule has 4 rings (SSSR count). The highest BCUT2D eigenvalue weighted by molar-refractivity contribution is 5.79. The van der Waals surface area contributed by atoms with Gasteiger partial charge in [-0.3, -0.25) is 4.79 Å². The van der Waals surface area contributed by atoms with Crippen LogP contribution in [0.15, 0.2) is 53.1 Å². The Hall–Kier alpha value is -3.37. The summed E-state index contributed by atoms with van der Waals surface area (Å²) in [6.07, 6.45) is -9.04. The lowest BCUT2D eigenvalue weighted by Gasteiger charge is -2.19. The fraction of sp³-hybridized carbons (Fsp3) is 0.286. The number of alkyl halides is 6. The van der Waals surface area contributed by atoms with E-state index in [1.54, 1.807) is 0 Å². The van der Waals surface area contributed by atoms with Crippen LogP contribution in [0.3, 0.4) is 0 Å². The summed E-state index contributed by atoms with van der Waals surface area (Å²) < 4.78 is 82.9. The molecule has 0 spiro atoms. The van der Waals surface area contributed by atoms with Crippen LogP contribution in [0, 0.1) is 0 Å². The molecule has 1 aliphatic heterocycles. The quantitative estimate of drug-likeness (QED) is 0.502. The molecule has 0 bridgehead atoms. The van der Waals surface area contributed by atoms with E-state index in [1.807, 2.05) is 0 Å². The van der Waals surface area contributed by atoms with Gasteiger partial charge in [0.15, 0.2) is 0 Å². The van der Waals surface area contributed by atoms with Gasteiger partial charge in [-0.15, -0.1) is 0 Å². The minimum atomic E-state index is -4.54. The van der Waals surface area contributed by atoms with Crippen molar-refractivity contribution in [3.05, 3.63) is 71.1 Å². The van der Waals surface area contributed by atoms with Crippen molar-refractivity contribution in [1.82, 2.24) is 15.0 Å². The van der Waals surface area contributed by atoms with Crippen molar-refractivity contribution in [2.45, 2.75) is 31.2 Å². The molecular weight excluding hydrogens is 440 g/mol. The first-order valence-corrected chi connectivity index (χ1v) is 9.46. The topological polar surface area (TPSA) is 59.2 Å². The third kappa shape index (κ3) is 4.46. The number of rotatable bonds is 4. The second kappa shape index (κ2) is 7.95. The van der Waals surface area contributed by atoms with E-state index in [0.29, 0.717) is 5.56 Å². The molecule has 0 radical (unpaired) electrons. The highest BCUT2D eigenvalue weighted by Crippen LogP contribution is 2.35. The zero-order valence-electron chi connectivity index (χ0n) is 16.2. The Bertz CT molecular complexity index is 1120. The van der Waals surface area contributed by atoms with Gasteiger partial charge in [0.2, 0.25) is 17.6 Å². The molecule has 1 unspecified atom stereocenters. The first kappa shape index (κ1) is 21.8. The Morgan fingerprint density at radius 2 is 1.66 bits per heavy atom. The van der Waals surface area contributed by atoms with Crippen molar-refractivity contribution < 1.29 is 35.7 Å². The smallest absolute Gasteiger partial charge is 0.339 e. The monoisotopic (exact) mass is 455 g/mol. The van der Waals surface area contributed by atoms with Crippen LogP contribution < -0.4 is 0 Å². The Kier molecular flexibility index (Phi) is 5.43.